The molecule has 0 saturated carbocycles. The number of esters is 2. The van der Waals surface area contributed by atoms with Gasteiger partial charge in [0.25, 0.3) is 0 Å². The minimum Gasteiger partial charge on any atom is -0.462 e. The normalized spacial score (nSPS) is 9.46. The van der Waals surface area contributed by atoms with Crippen LogP contribution in [0.4, 0.5) is 0 Å². The third kappa shape index (κ3) is 19.2. The van der Waals surface area contributed by atoms with Crippen LogP contribution < -0.4 is 0 Å². The number of carbonyl (C=O) groups is 2. The zero-order chi connectivity index (χ0) is 41.6. The molecule has 4 aromatic carbocycles. The highest BCUT2D eigenvalue weighted by atomic mass is 35.5. The van der Waals surface area contributed by atoms with Crippen molar-refractivity contribution in [1.82, 2.24) is 0 Å². The van der Waals surface area contributed by atoms with Gasteiger partial charge in [0, 0.05) is 10.0 Å². The van der Waals surface area contributed by atoms with Gasteiger partial charge in [-0.25, -0.2) is 9.59 Å². The Hall–Kier alpha value is -7.70. The second-order valence-corrected chi connectivity index (χ2v) is 11.1. The largest absolute Gasteiger partial charge is 0.462 e. The molecular weight excluding hydrogens is 747 g/mol. The number of rotatable bonds is 8. The molecule has 0 radical (unpaired) electrons. The van der Waals surface area contributed by atoms with Gasteiger partial charge in [-0.1, -0.05) is 108 Å². The number of halogens is 2. The van der Waals surface area contributed by atoms with Crippen molar-refractivity contribution in [3.05, 3.63) is 164 Å². The average molecular weight is 780 g/mol. The number of carbonyl (C=O) groups excluding carboxylic acids is 2. The molecule has 0 bridgehead atoms. The Bertz CT molecular complexity index is 2250. The maximum atomic E-state index is 11.3. The second kappa shape index (κ2) is 27.9. The van der Waals surface area contributed by atoms with E-state index in [0.717, 1.165) is 22.3 Å². The summed E-state index contributed by atoms with van der Waals surface area (Å²) in [5.74, 6) is -1.19. The summed E-state index contributed by atoms with van der Waals surface area (Å²) in [6.07, 6.45) is 6.04. The Kier molecular flexibility index (Phi) is 23.1. The van der Waals surface area contributed by atoms with Crippen molar-refractivity contribution in [2.75, 3.05) is 13.2 Å². The van der Waals surface area contributed by atoms with Crippen molar-refractivity contribution in [3.63, 3.8) is 0 Å². The molecule has 4 aromatic rings. The Morgan fingerprint density at radius 2 is 0.750 bits per heavy atom. The van der Waals surface area contributed by atoms with Crippen LogP contribution in [0.5, 0.6) is 0 Å². The van der Waals surface area contributed by atoms with Crippen molar-refractivity contribution >= 4 is 59.4 Å². The molecule has 276 valence electrons. The minimum absolute atomic E-state index is 0.0167. The summed E-state index contributed by atoms with van der Waals surface area (Å²) < 4.78 is 9.47. The molecule has 0 aliphatic rings. The number of hydrogen-bond donors (Lipinski definition) is 0. The molecule has 0 spiro atoms. The van der Waals surface area contributed by atoms with Crippen molar-refractivity contribution in [2.24, 2.45) is 0 Å². The van der Waals surface area contributed by atoms with Gasteiger partial charge in [0.05, 0.1) is 13.2 Å². The first-order valence-electron chi connectivity index (χ1n) is 16.3. The average Bonchev–Trinajstić information content (AvgIpc) is 3.23. The zero-order valence-corrected chi connectivity index (χ0v) is 31.7. The maximum Gasteiger partial charge on any atom is 0.348 e. The first kappa shape index (κ1) is 46.3. The smallest absolute Gasteiger partial charge is 0.348 e. The number of nitriles is 6. The Morgan fingerprint density at radius 3 is 1.04 bits per heavy atom. The predicted octanol–water partition coefficient (Wildman–Crippen LogP) is 9.85. The van der Waals surface area contributed by atoms with E-state index in [-0.39, 0.29) is 35.5 Å². The van der Waals surface area contributed by atoms with Gasteiger partial charge in [-0.15, -0.1) is 0 Å². The van der Waals surface area contributed by atoms with Crippen LogP contribution >= 0.6 is 23.2 Å². The Balaban J connectivity index is 0.000000375. The second-order valence-electron chi connectivity index (χ2n) is 10.3. The van der Waals surface area contributed by atoms with Gasteiger partial charge in [-0.3, -0.25) is 0 Å². The molecule has 0 saturated heterocycles. The lowest BCUT2D eigenvalue weighted by atomic mass is 10.1. The summed E-state index contributed by atoms with van der Waals surface area (Å²) in [7, 11) is 0. The number of hydrogen-bond acceptors (Lipinski definition) is 10. The van der Waals surface area contributed by atoms with E-state index in [0.29, 0.717) is 10.0 Å². The van der Waals surface area contributed by atoms with Crippen LogP contribution in [0, 0.1) is 68.0 Å². The highest BCUT2D eigenvalue weighted by molar-refractivity contribution is 6.30. The summed E-state index contributed by atoms with van der Waals surface area (Å²) in [5.41, 5.74) is 3.41. The van der Waals surface area contributed by atoms with Crippen molar-refractivity contribution in [1.29, 1.82) is 31.6 Å². The van der Waals surface area contributed by atoms with Gasteiger partial charge in [0.1, 0.15) is 58.7 Å². The standard InChI is InChI=1S/C12H10ClNO2.C12H11NO2.C10H5ClN2.C10H6N2/c1-2-16-12(15)10(8-14)7-9-3-5-11(13)6-4-9;1-2-15-12(14)11(9-13)8-10-6-4-3-5-7-10;11-10-3-1-8(2-4-10)5-9(6-12)7-13;11-7-10(8-12)6-9-4-2-1-3-5-9/h3-7H,2H2,1H3;3-8H,2H2,1H3;1-5H;1-6H/b10-7-;11-8-;;. The van der Waals surface area contributed by atoms with Gasteiger partial charge in [0.15, 0.2) is 0 Å². The fraction of sp³-hybridized carbons (Fsp3) is 0.0909. The maximum absolute atomic E-state index is 11.3. The molecule has 0 heterocycles. The van der Waals surface area contributed by atoms with E-state index in [2.05, 4.69) is 0 Å². The molecule has 10 nitrogen and oxygen atoms in total. The first-order valence-corrected chi connectivity index (χ1v) is 17.1. The molecule has 0 unspecified atom stereocenters. The van der Waals surface area contributed by atoms with Gasteiger partial charge >= 0.3 is 11.9 Å². The summed E-state index contributed by atoms with van der Waals surface area (Å²) >= 11 is 11.4. The molecule has 0 N–H and O–H groups in total. The van der Waals surface area contributed by atoms with Gasteiger partial charge in [-0.05, 0) is 84.7 Å². The van der Waals surface area contributed by atoms with E-state index >= 15 is 0 Å². The van der Waals surface area contributed by atoms with E-state index in [9.17, 15) is 9.59 Å². The zero-order valence-electron chi connectivity index (χ0n) is 30.2. The number of allylic oxidation sites excluding steroid dienone is 2. The lowest BCUT2D eigenvalue weighted by Gasteiger charge is -1.99. The highest BCUT2D eigenvalue weighted by Crippen LogP contribution is 2.14. The molecule has 4 rings (SSSR count). The van der Waals surface area contributed by atoms with Gasteiger partial charge in [0.2, 0.25) is 0 Å². The van der Waals surface area contributed by atoms with Crippen LogP contribution in [-0.4, -0.2) is 25.2 Å². The van der Waals surface area contributed by atoms with E-state index in [1.165, 1.54) is 18.2 Å². The van der Waals surface area contributed by atoms with Crippen molar-refractivity contribution in [2.45, 2.75) is 13.8 Å². The van der Waals surface area contributed by atoms with Crippen molar-refractivity contribution < 1.29 is 19.1 Å². The topological polar surface area (TPSA) is 195 Å². The lowest BCUT2D eigenvalue weighted by molar-refractivity contribution is -0.138. The minimum atomic E-state index is -0.611. The summed E-state index contributed by atoms with van der Waals surface area (Å²) in [5, 5.41) is 52.6. The third-order valence-corrected chi connectivity index (χ3v) is 6.80. The van der Waals surface area contributed by atoms with Crippen LogP contribution in [0.3, 0.4) is 0 Å². The summed E-state index contributed by atoms with van der Waals surface area (Å²) in [6, 6.07) is 43.0. The first-order chi connectivity index (χ1) is 27.1. The van der Waals surface area contributed by atoms with Gasteiger partial charge < -0.3 is 9.47 Å². The molecule has 0 aromatic heterocycles. The molecule has 0 amide bonds. The van der Waals surface area contributed by atoms with Crippen LogP contribution in [0.15, 0.2) is 131 Å². The van der Waals surface area contributed by atoms with Crippen LogP contribution in [-0.2, 0) is 19.1 Å². The van der Waals surface area contributed by atoms with Gasteiger partial charge in [-0.2, -0.15) is 31.6 Å². The van der Waals surface area contributed by atoms with Crippen molar-refractivity contribution in [3.8, 4) is 36.4 Å². The number of nitrogens with zero attached hydrogens (tertiary/aromatic N) is 6. The molecular formula is C44H32Cl2N6O4. The number of ether oxygens (including phenoxy) is 2. The Labute approximate surface area is 336 Å². The molecule has 56 heavy (non-hydrogen) atoms. The Morgan fingerprint density at radius 1 is 0.464 bits per heavy atom. The lowest BCUT2D eigenvalue weighted by Crippen LogP contribution is -2.05. The van der Waals surface area contributed by atoms with E-state index in [4.69, 9.17) is 64.2 Å². The fourth-order valence-corrected chi connectivity index (χ4v) is 4.01. The van der Waals surface area contributed by atoms with Crippen LogP contribution in [0.1, 0.15) is 36.1 Å². The van der Waals surface area contributed by atoms with Crippen LogP contribution in [0.25, 0.3) is 24.3 Å². The third-order valence-electron chi connectivity index (χ3n) is 6.30. The highest BCUT2D eigenvalue weighted by Gasteiger charge is 2.10. The predicted molar refractivity (Wildman–Crippen MR) is 215 cm³/mol. The van der Waals surface area contributed by atoms with E-state index in [1.807, 2.05) is 66.7 Å². The quantitative estimate of drug-likeness (QED) is 0.0943. The SMILES string of the molecule is CCOC(=O)/C(C#N)=C\c1ccc(Cl)cc1.CCOC(=O)/C(C#N)=C\c1ccccc1.N#CC(C#N)=Cc1ccc(Cl)cc1.N#CC(C#N)=Cc1ccccc1. The molecule has 0 fully saturated rings. The summed E-state index contributed by atoms with van der Waals surface area (Å²) in [6.45, 7) is 3.91. The van der Waals surface area contributed by atoms with Crippen LogP contribution in [0.2, 0.25) is 10.0 Å². The summed E-state index contributed by atoms with van der Waals surface area (Å²) in [4.78, 5) is 22.6. The molecule has 0 aliphatic carbocycles. The molecule has 12 heteroatoms. The van der Waals surface area contributed by atoms with E-state index in [1.54, 1.807) is 98.8 Å². The molecule has 0 aliphatic heterocycles. The van der Waals surface area contributed by atoms with E-state index < -0.39 is 11.9 Å². The number of benzene rings is 4. The molecule has 0 atom stereocenters. The fourth-order valence-electron chi connectivity index (χ4n) is 3.75. The monoisotopic (exact) mass is 778 g/mol.